The number of ether oxygens (including phenoxy) is 1. The highest BCUT2D eigenvalue weighted by molar-refractivity contribution is 5.92. The molecule has 5 atom stereocenters. The average molecular weight is 370 g/mol. The van der Waals surface area contributed by atoms with E-state index in [1.165, 1.54) is 0 Å². The van der Waals surface area contributed by atoms with Gasteiger partial charge < -0.3 is 25.2 Å². The highest BCUT2D eigenvalue weighted by atomic mass is 16.5. The van der Waals surface area contributed by atoms with Gasteiger partial charge in [-0.05, 0) is 19.1 Å². The van der Waals surface area contributed by atoms with Crippen LogP contribution in [0.1, 0.15) is 18.1 Å². The first-order valence-corrected chi connectivity index (χ1v) is 8.25. The molecule has 140 valence electrons. The van der Waals surface area contributed by atoms with Gasteiger partial charge in [0.05, 0.1) is 23.9 Å². The van der Waals surface area contributed by atoms with Gasteiger partial charge in [0.15, 0.2) is 6.10 Å². The molecule has 1 aromatic heterocycles. The zero-order chi connectivity index (χ0) is 19.6. The van der Waals surface area contributed by atoms with Crippen LogP contribution in [0.3, 0.4) is 0 Å². The maximum absolute atomic E-state index is 12.1. The first-order valence-electron chi connectivity index (χ1n) is 8.25. The predicted octanol–water partition coefficient (Wildman–Crippen LogP) is -1.30. The number of hydrogen-bond acceptors (Lipinski definition) is 7. The van der Waals surface area contributed by atoms with Gasteiger partial charge in [0, 0.05) is 10.9 Å². The minimum Gasteiger partial charge on any atom is -0.394 e. The van der Waals surface area contributed by atoms with Crippen molar-refractivity contribution in [1.82, 2.24) is 10.2 Å². The number of nitrogens with one attached hydrogen (secondary N) is 1. The number of Topliss-reactive ketones (excluding diaryl/α,β-unsaturated/α-hetero) is 1. The zero-order valence-electron chi connectivity index (χ0n) is 14.4. The van der Waals surface area contributed by atoms with Crippen LogP contribution in [0, 0.1) is 23.7 Å². The Hall–Kier alpha value is -2.72. The predicted molar refractivity (Wildman–Crippen MR) is 94.3 cm³/mol. The number of carbonyl (C=O) groups is 1. The van der Waals surface area contributed by atoms with E-state index in [4.69, 9.17) is 4.74 Å². The second-order valence-corrected chi connectivity index (χ2v) is 6.15. The molecule has 3 rings (SSSR count). The molecule has 1 aromatic carbocycles. The van der Waals surface area contributed by atoms with E-state index < -0.39 is 42.9 Å². The normalized spacial score (nSPS) is 26.0. The molecule has 0 radical (unpaired) electrons. The summed E-state index contributed by atoms with van der Waals surface area (Å²) in [4.78, 5) is 12.1. The van der Waals surface area contributed by atoms with Crippen LogP contribution in [0.2, 0.25) is 0 Å². The maximum Gasteiger partial charge on any atom is 0.204 e. The van der Waals surface area contributed by atoms with Gasteiger partial charge in [-0.1, -0.05) is 23.7 Å². The lowest BCUT2D eigenvalue weighted by atomic mass is 9.96. The number of rotatable bonds is 1. The number of aliphatic hydroxyl groups is 4. The number of ketones is 1. The average Bonchev–Trinajstić information content (AvgIpc) is 3.12. The number of H-pyrrole nitrogens is 1. The lowest BCUT2D eigenvalue weighted by Crippen LogP contribution is -2.55. The van der Waals surface area contributed by atoms with E-state index in [1.807, 2.05) is 0 Å². The molecule has 2 heterocycles. The van der Waals surface area contributed by atoms with Crippen LogP contribution < -0.4 is 0 Å². The highest BCUT2D eigenvalue weighted by Crippen LogP contribution is 2.20. The van der Waals surface area contributed by atoms with E-state index in [1.54, 1.807) is 25.3 Å². The van der Waals surface area contributed by atoms with Crippen LogP contribution >= 0.6 is 0 Å². The Morgan fingerprint density at radius 1 is 1.33 bits per heavy atom. The fraction of sp³-hybridized carbons (Fsp3) is 0.368. The standard InChI is InChI=1S/C19H18N2O6/c1-10(23)2-3-11-6-12(16-13(7-11)8-20-21-16)4-5-14-17(24)19(26)18(25)15(9-22)27-14/h6-8,10,14-15,18-19,22-23,25-26H,9H2,1H3,(H,20,21). The summed E-state index contributed by atoms with van der Waals surface area (Å²) in [5, 5.41) is 45.6. The molecule has 8 heteroatoms. The quantitative estimate of drug-likeness (QED) is 0.394. The van der Waals surface area contributed by atoms with Crippen molar-refractivity contribution in [2.75, 3.05) is 6.61 Å². The van der Waals surface area contributed by atoms with Crippen molar-refractivity contribution in [3.8, 4) is 23.7 Å². The summed E-state index contributed by atoms with van der Waals surface area (Å²) in [6, 6.07) is 3.45. The van der Waals surface area contributed by atoms with E-state index in [2.05, 4.69) is 33.9 Å². The molecule has 0 spiro atoms. The first-order chi connectivity index (χ1) is 12.9. The maximum atomic E-state index is 12.1. The van der Waals surface area contributed by atoms with Crippen LogP contribution in [-0.2, 0) is 9.53 Å². The Morgan fingerprint density at radius 3 is 2.81 bits per heavy atom. The number of benzene rings is 1. The van der Waals surface area contributed by atoms with Crippen molar-refractivity contribution in [2.24, 2.45) is 0 Å². The molecular weight excluding hydrogens is 352 g/mol. The van der Waals surface area contributed by atoms with Crippen molar-refractivity contribution < 1.29 is 30.0 Å². The van der Waals surface area contributed by atoms with Gasteiger partial charge in [-0.15, -0.1) is 0 Å². The third-order valence-electron chi connectivity index (χ3n) is 4.06. The van der Waals surface area contributed by atoms with Crippen molar-refractivity contribution in [3.63, 3.8) is 0 Å². The van der Waals surface area contributed by atoms with Crippen LogP contribution in [0.5, 0.6) is 0 Å². The van der Waals surface area contributed by atoms with Crippen LogP contribution in [0.15, 0.2) is 18.3 Å². The summed E-state index contributed by atoms with van der Waals surface area (Å²) >= 11 is 0. The smallest absolute Gasteiger partial charge is 0.204 e. The number of nitrogens with zero attached hydrogens (tertiary/aromatic N) is 1. The molecule has 1 aliphatic rings. The lowest BCUT2D eigenvalue weighted by molar-refractivity contribution is -0.179. The van der Waals surface area contributed by atoms with Gasteiger partial charge in [0.1, 0.15) is 24.4 Å². The highest BCUT2D eigenvalue weighted by Gasteiger charge is 2.42. The fourth-order valence-corrected chi connectivity index (χ4v) is 2.66. The summed E-state index contributed by atoms with van der Waals surface area (Å²) < 4.78 is 5.29. The molecule has 0 aliphatic carbocycles. The monoisotopic (exact) mass is 370 g/mol. The number of carbonyl (C=O) groups excluding carboxylic acids is 1. The molecule has 1 saturated heterocycles. The number of hydrogen-bond donors (Lipinski definition) is 5. The summed E-state index contributed by atoms with van der Waals surface area (Å²) in [6.45, 7) is 0.992. The third kappa shape index (κ3) is 4.01. The molecule has 0 amide bonds. The second kappa shape index (κ2) is 7.89. The molecule has 8 nitrogen and oxygen atoms in total. The molecule has 1 aliphatic heterocycles. The number of fused-ring (bicyclic) bond motifs is 1. The molecular formula is C19H18N2O6. The number of aromatic nitrogens is 2. The second-order valence-electron chi connectivity index (χ2n) is 6.15. The van der Waals surface area contributed by atoms with Gasteiger partial charge in [0.2, 0.25) is 5.78 Å². The zero-order valence-corrected chi connectivity index (χ0v) is 14.4. The first kappa shape index (κ1) is 19.1. The third-order valence-corrected chi connectivity index (χ3v) is 4.06. The Morgan fingerprint density at radius 2 is 2.11 bits per heavy atom. The molecule has 2 aromatic rings. The molecule has 0 saturated carbocycles. The topological polar surface area (TPSA) is 136 Å². The van der Waals surface area contributed by atoms with Crippen molar-refractivity contribution >= 4 is 16.7 Å². The Balaban J connectivity index is 1.96. The van der Waals surface area contributed by atoms with E-state index in [-0.39, 0.29) is 0 Å². The van der Waals surface area contributed by atoms with E-state index in [9.17, 15) is 25.2 Å². The fourth-order valence-electron chi connectivity index (χ4n) is 2.66. The van der Waals surface area contributed by atoms with E-state index in [0.29, 0.717) is 16.6 Å². The van der Waals surface area contributed by atoms with Gasteiger partial charge in [-0.25, -0.2) is 0 Å². The lowest BCUT2D eigenvalue weighted by Gasteiger charge is -2.32. The van der Waals surface area contributed by atoms with Gasteiger partial charge in [0.25, 0.3) is 0 Å². The Bertz CT molecular complexity index is 975. The minimum absolute atomic E-state index is 0.498. The SMILES string of the molecule is CC(O)C#Cc1cc(C#CC2OC(CO)C(O)C(O)C2=O)c2[nH]ncc2c1. The summed E-state index contributed by atoms with van der Waals surface area (Å²) in [7, 11) is 0. The molecule has 0 bridgehead atoms. The van der Waals surface area contributed by atoms with Crippen LogP contribution in [0.25, 0.3) is 10.9 Å². The van der Waals surface area contributed by atoms with Gasteiger partial charge in [-0.3, -0.25) is 9.89 Å². The molecule has 5 unspecified atom stereocenters. The van der Waals surface area contributed by atoms with Crippen molar-refractivity contribution in [1.29, 1.82) is 0 Å². The Kier molecular flexibility index (Phi) is 5.57. The van der Waals surface area contributed by atoms with Gasteiger partial charge >= 0.3 is 0 Å². The summed E-state index contributed by atoms with van der Waals surface area (Å²) in [6.07, 6.45) is -4.75. The minimum atomic E-state index is -1.68. The molecule has 27 heavy (non-hydrogen) atoms. The van der Waals surface area contributed by atoms with Crippen LogP contribution in [0.4, 0.5) is 0 Å². The molecule has 5 N–H and O–H groups in total. The van der Waals surface area contributed by atoms with Crippen molar-refractivity contribution in [3.05, 3.63) is 29.5 Å². The van der Waals surface area contributed by atoms with E-state index in [0.717, 1.165) is 5.39 Å². The van der Waals surface area contributed by atoms with Crippen molar-refractivity contribution in [2.45, 2.75) is 37.4 Å². The van der Waals surface area contributed by atoms with Gasteiger partial charge in [-0.2, -0.15) is 5.10 Å². The largest absolute Gasteiger partial charge is 0.394 e. The van der Waals surface area contributed by atoms with E-state index >= 15 is 0 Å². The summed E-state index contributed by atoms with van der Waals surface area (Å²) in [5.74, 6) is 10.1. The van der Waals surface area contributed by atoms with Crippen LogP contribution in [-0.4, -0.2) is 73.5 Å². The number of aromatic amines is 1. The number of aliphatic hydroxyl groups excluding tert-OH is 4. The Labute approximate surface area is 154 Å². The molecule has 1 fully saturated rings. The summed E-state index contributed by atoms with van der Waals surface area (Å²) in [5.41, 5.74) is 1.73.